The van der Waals surface area contributed by atoms with Gasteiger partial charge in [-0.15, -0.1) is 11.3 Å². The highest BCUT2D eigenvalue weighted by Gasteiger charge is 2.55. The zero-order valence-electron chi connectivity index (χ0n) is 13.8. The highest BCUT2D eigenvalue weighted by atomic mass is 32.1. The second-order valence-electron chi connectivity index (χ2n) is 7.22. The second-order valence-corrected chi connectivity index (χ2v) is 8.28. The Morgan fingerprint density at radius 2 is 2.00 bits per heavy atom. The summed E-state index contributed by atoms with van der Waals surface area (Å²) in [6.45, 7) is 3.71. The summed E-state index contributed by atoms with van der Waals surface area (Å²) < 4.78 is 19.4. The van der Waals surface area contributed by atoms with Crippen molar-refractivity contribution in [3.63, 3.8) is 0 Å². The monoisotopic (exact) mass is 358 g/mol. The Balaban J connectivity index is 1.42. The van der Waals surface area contributed by atoms with E-state index in [0.717, 1.165) is 47.9 Å². The van der Waals surface area contributed by atoms with Gasteiger partial charge in [-0.1, -0.05) is 12.1 Å². The van der Waals surface area contributed by atoms with Gasteiger partial charge in [0, 0.05) is 17.3 Å². The number of anilines is 1. The predicted molar refractivity (Wildman–Crippen MR) is 95.4 cm³/mol. The second kappa shape index (κ2) is 5.54. The summed E-state index contributed by atoms with van der Waals surface area (Å²) in [4.78, 5) is 17.7. The van der Waals surface area contributed by atoms with Gasteiger partial charge in [-0.25, -0.2) is 9.18 Å². The number of amides is 1. The molecule has 2 bridgehead atoms. The molecule has 4 nitrogen and oxygen atoms in total. The van der Waals surface area contributed by atoms with Gasteiger partial charge in [-0.2, -0.15) is 0 Å². The fourth-order valence-corrected chi connectivity index (χ4v) is 5.44. The third-order valence-electron chi connectivity index (χ3n) is 5.73. The molecular weight excluding hydrogens is 339 g/mol. The van der Waals surface area contributed by atoms with E-state index in [-0.39, 0.29) is 17.5 Å². The minimum atomic E-state index is -0.351. The zero-order valence-corrected chi connectivity index (χ0v) is 14.6. The first-order valence-electron chi connectivity index (χ1n) is 8.72. The summed E-state index contributed by atoms with van der Waals surface area (Å²) in [5.74, 6) is 0.216. The van der Waals surface area contributed by atoms with Crippen LogP contribution in [0, 0.1) is 11.7 Å². The molecule has 130 valence electrons. The van der Waals surface area contributed by atoms with Gasteiger partial charge in [0.15, 0.2) is 0 Å². The van der Waals surface area contributed by atoms with Crippen molar-refractivity contribution in [2.24, 2.45) is 5.92 Å². The van der Waals surface area contributed by atoms with E-state index in [4.69, 9.17) is 4.74 Å². The molecule has 6 heteroatoms. The van der Waals surface area contributed by atoms with Crippen molar-refractivity contribution >= 4 is 22.4 Å². The number of carbonyl (C=O) groups excluding carboxylic acids is 1. The Morgan fingerprint density at radius 3 is 2.72 bits per heavy atom. The van der Waals surface area contributed by atoms with E-state index in [1.807, 2.05) is 18.2 Å². The number of hydrogen-bond donors (Lipinski definition) is 0. The quantitative estimate of drug-likeness (QED) is 0.814. The molecule has 4 aliphatic heterocycles. The van der Waals surface area contributed by atoms with Crippen molar-refractivity contribution in [2.75, 3.05) is 31.1 Å². The van der Waals surface area contributed by atoms with Crippen LogP contribution in [0.25, 0.3) is 10.4 Å². The fourth-order valence-electron chi connectivity index (χ4n) is 4.45. The lowest BCUT2D eigenvalue weighted by molar-refractivity contribution is -0.0881. The number of halogens is 1. The standard InChI is InChI=1S/C19H19FN2O2S/c20-15-3-1-2-13(10-15)16-4-5-17(25-16)22-12-19(24-18(22)23)11-21-8-6-14(19)7-9-21/h1-5,10,14H,6-9,11-12H2/t19-/m1/s1. The molecule has 2 aromatic rings. The highest BCUT2D eigenvalue weighted by Crippen LogP contribution is 2.45. The van der Waals surface area contributed by atoms with Gasteiger partial charge in [0.1, 0.15) is 16.4 Å². The van der Waals surface area contributed by atoms with Crippen LogP contribution in [-0.4, -0.2) is 42.8 Å². The van der Waals surface area contributed by atoms with Crippen LogP contribution in [0.1, 0.15) is 12.8 Å². The highest BCUT2D eigenvalue weighted by molar-refractivity contribution is 7.19. The average molecular weight is 358 g/mol. The molecule has 1 aromatic carbocycles. The maximum Gasteiger partial charge on any atom is 0.415 e. The predicted octanol–water partition coefficient (Wildman–Crippen LogP) is 3.98. The maximum atomic E-state index is 13.5. The molecule has 1 amide bonds. The number of nitrogens with zero attached hydrogens (tertiary/aromatic N) is 2. The van der Waals surface area contributed by atoms with Crippen LogP contribution in [0.4, 0.5) is 14.2 Å². The van der Waals surface area contributed by atoms with E-state index in [0.29, 0.717) is 12.5 Å². The van der Waals surface area contributed by atoms with E-state index in [1.54, 1.807) is 11.0 Å². The number of thiophene rings is 1. The first kappa shape index (κ1) is 15.3. The molecular formula is C19H19FN2O2S. The van der Waals surface area contributed by atoms with E-state index < -0.39 is 0 Å². The summed E-state index contributed by atoms with van der Waals surface area (Å²) in [7, 11) is 0. The number of ether oxygens (including phenoxy) is 1. The van der Waals surface area contributed by atoms with Crippen LogP contribution in [0.3, 0.4) is 0 Å². The summed E-state index contributed by atoms with van der Waals surface area (Å²) in [5.41, 5.74) is 0.484. The van der Waals surface area contributed by atoms with Crippen molar-refractivity contribution in [3.8, 4) is 10.4 Å². The molecule has 1 aromatic heterocycles. The molecule has 4 aliphatic rings. The number of piperidine rings is 3. The minimum Gasteiger partial charge on any atom is -0.439 e. The van der Waals surface area contributed by atoms with Gasteiger partial charge in [-0.3, -0.25) is 9.80 Å². The van der Waals surface area contributed by atoms with Crippen molar-refractivity contribution in [1.29, 1.82) is 0 Å². The molecule has 6 rings (SSSR count). The van der Waals surface area contributed by atoms with Crippen LogP contribution >= 0.6 is 11.3 Å². The van der Waals surface area contributed by atoms with Crippen LogP contribution in [0.15, 0.2) is 36.4 Å². The van der Waals surface area contributed by atoms with Crippen LogP contribution in [0.5, 0.6) is 0 Å². The molecule has 1 atom stereocenters. The topological polar surface area (TPSA) is 32.8 Å². The number of rotatable bonds is 2. The third kappa shape index (κ3) is 2.47. The molecule has 0 N–H and O–H groups in total. The number of hydrogen-bond acceptors (Lipinski definition) is 4. The number of carbonyl (C=O) groups is 1. The lowest BCUT2D eigenvalue weighted by atomic mass is 9.75. The van der Waals surface area contributed by atoms with Crippen molar-refractivity contribution < 1.29 is 13.9 Å². The van der Waals surface area contributed by atoms with Gasteiger partial charge < -0.3 is 4.74 Å². The summed E-state index contributed by atoms with van der Waals surface area (Å²) in [5, 5.41) is 0.873. The fraction of sp³-hybridized carbons (Fsp3) is 0.421. The van der Waals surface area contributed by atoms with Gasteiger partial charge in [0.25, 0.3) is 0 Å². The molecule has 0 aliphatic carbocycles. The molecule has 1 spiro atoms. The van der Waals surface area contributed by atoms with Gasteiger partial charge in [0.05, 0.1) is 6.54 Å². The molecule has 4 fully saturated rings. The van der Waals surface area contributed by atoms with Crippen LogP contribution in [0.2, 0.25) is 0 Å². The Labute approximate surface area is 149 Å². The zero-order chi connectivity index (χ0) is 17.0. The lowest BCUT2D eigenvalue weighted by Crippen LogP contribution is -2.61. The first-order valence-corrected chi connectivity index (χ1v) is 9.53. The number of fused-ring (bicyclic) bond motifs is 2. The Morgan fingerprint density at radius 1 is 1.16 bits per heavy atom. The van der Waals surface area contributed by atoms with E-state index in [1.165, 1.54) is 23.5 Å². The smallest absolute Gasteiger partial charge is 0.415 e. The van der Waals surface area contributed by atoms with Crippen LogP contribution in [-0.2, 0) is 4.74 Å². The van der Waals surface area contributed by atoms with E-state index in [2.05, 4.69) is 4.90 Å². The number of benzene rings is 1. The summed E-state index contributed by atoms with van der Waals surface area (Å²) >= 11 is 1.51. The normalized spacial score (nSPS) is 30.9. The van der Waals surface area contributed by atoms with Crippen molar-refractivity contribution in [2.45, 2.75) is 18.4 Å². The molecule has 0 unspecified atom stereocenters. The molecule has 0 saturated carbocycles. The third-order valence-corrected chi connectivity index (χ3v) is 6.88. The van der Waals surface area contributed by atoms with Gasteiger partial charge in [-0.05, 0) is 55.8 Å². The summed E-state index contributed by atoms with van der Waals surface area (Å²) in [6.07, 6.45) is 1.97. The lowest BCUT2D eigenvalue weighted by Gasteiger charge is -2.49. The Bertz CT molecular complexity index is 830. The van der Waals surface area contributed by atoms with Gasteiger partial charge in [0.2, 0.25) is 0 Å². The first-order chi connectivity index (χ1) is 12.1. The Hall–Kier alpha value is -1.92. The largest absolute Gasteiger partial charge is 0.439 e. The van der Waals surface area contributed by atoms with E-state index >= 15 is 0 Å². The molecule has 4 saturated heterocycles. The average Bonchev–Trinajstić information content (AvgIpc) is 3.21. The Kier molecular flexibility index (Phi) is 3.40. The molecule has 5 heterocycles. The van der Waals surface area contributed by atoms with Gasteiger partial charge >= 0.3 is 6.09 Å². The molecule has 25 heavy (non-hydrogen) atoms. The molecule has 0 radical (unpaired) electrons. The SMILES string of the molecule is O=C1O[C@]2(CN3CCC2CC3)CN1c1ccc(-c2cccc(F)c2)s1. The van der Waals surface area contributed by atoms with Crippen molar-refractivity contribution in [3.05, 3.63) is 42.2 Å². The van der Waals surface area contributed by atoms with Crippen LogP contribution < -0.4 is 4.90 Å². The van der Waals surface area contributed by atoms with E-state index in [9.17, 15) is 9.18 Å². The summed E-state index contributed by atoms with van der Waals surface area (Å²) in [6, 6.07) is 10.4. The minimum absolute atomic E-state index is 0.249. The maximum absolute atomic E-state index is 13.5. The van der Waals surface area contributed by atoms with Crippen molar-refractivity contribution in [1.82, 2.24) is 4.90 Å².